The largest absolute Gasteiger partial charge is 0.364 e. The molecule has 0 saturated heterocycles. The molecule has 0 aliphatic carbocycles. The van der Waals surface area contributed by atoms with Crippen molar-refractivity contribution in [2.45, 2.75) is 6.92 Å². The zero-order valence-corrected chi connectivity index (χ0v) is 18.4. The SMILES string of the molecule is Cc1ccc(-c2cc(C(=O)Nc3ccc(-n4ccc(C(N)=O)n4)cc3)c3ccccc3n2)cc1. The van der Waals surface area contributed by atoms with Crippen LogP contribution in [0.3, 0.4) is 0 Å². The Morgan fingerprint density at radius 1 is 0.912 bits per heavy atom. The van der Waals surface area contributed by atoms with Gasteiger partial charge in [0.05, 0.1) is 22.5 Å². The van der Waals surface area contributed by atoms with Gasteiger partial charge in [0.2, 0.25) is 0 Å². The quantitative estimate of drug-likeness (QED) is 0.406. The number of nitrogens with zero attached hydrogens (tertiary/aromatic N) is 3. The van der Waals surface area contributed by atoms with Crippen LogP contribution >= 0.6 is 0 Å². The summed E-state index contributed by atoms with van der Waals surface area (Å²) in [6.45, 7) is 2.03. The highest BCUT2D eigenvalue weighted by atomic mass is 16.2. The van der Waals surface area contributed by atoms with Gasteiger partial charge < -0.3 is 11.1 Å². The monoisotopic (exact) mass is 447 g/mol. The van der Waals surface area contributed by atoms with Crippen molar-refractivity contribution in [1.29, 1.82) is 0 Å². The molecule has 5 aromatic rings. The van der Waals surface area contributed by atoms with Crippen LogP contribution in [0.25, 0.3) is 27.8 Å². The van der Waals surface area contributed by atoms with Crippen LogP contribution in [-0.2, 0) is 0 Å². The topological polar surface area (TPSA) is 103 Å². The van der Waals surface area contributed by atoms with Gasteiger partial charge in [-0.25, -0.2) is 9.67 Å². The van der Waals surface area contributed by atoms with Crippen LogP contribution in [0.2, 0.25) is 0 Å². The maximum absolute atomic E-state index is 13.3. The van der Waals surface area contributed by atoms with Crippen molar-refractivity contribution >= 4 is 28.4 Å². The van der Waals surface area contributed by atoms with E-state index in [4.69, 9.17) is 10.7 Å². The lowest BCUT2D eigenvalue weighted by atomic mass is 10.0. The zero-order valence-electron chi connectivity index (χ0n) is 18.4. The molecule has 5 rings (SSSR count). The fourth-order valence-electron chi connectivity index (χ4n) is 3.73. The number of para-hydroxylation sites is 1. The molecule has 3 aromatic carbocycles. The number of anilines is 1. The van der Waals surface area contributed by atoms with Crippen LogP contribution in [-0.4, -0.2) is 26.6 Å². The minimum Gasteiger partial charge on any atom is -0.364 e. The molecule has 0 atom stereocenters. The van der Waals surface area contributed by atoms with E-state index in [1.54, 1.807) is 41.2 Å². The van der Waals surface area contributed by atoms with Crippen LogP contribution in [0, 0.1) is 6.92 Å². The summed E-state index contributed by atoms with van der Waals surface area (Å²) in [5, 5.41) is 7.89. The smallest absolute Gasteiger partial charge is 0.269 e. The van der Waals surface area contributed by atoms with Gasteiger partial charge in [-0.15, -0.1) is 0 Å². The summed E-state index contributed by atoms with van der Waals surface area (Å²) in [5.41, 5.74) is 11.0. The molecule has 0 spiro atoms. The van der Waals surface area contributed by atoms with E-state index in [0.717, 1.165) is 33.4 Å². The second-order valence-electron chi connectivity index (χ2n) is 7.95. The molecule has 0 fully saturated rings. The van der Waals surface area contributed by atoms with Crippen LogP contribution in [0.5, 0.6) is 0 Å². The van der Waals surface area contributed by atoms with Crippen molar-refractivity contribution in [1.82, 2.24) is 14.8 Å². The molecule has 7 heteroatoms. The third-order valence-corrected chi connectivity index (χ3v) is 5.54. The molecule has 0 aliphatic rings. The number of nitrogens with one attached hydrogen (secondary N) is 1. The molecule has 0 radical (unpaired) electrons. The predicted molar refractivity (Wildman–Crippen MR) is 132 cm³/mol. The molecule has 0 saturated carbocycles. The zero-order chi connectivity index (χ0) is 23.7. The number of primary amides is 1. The predicted octanol–water partition coefficient (Wildman–Crippen LogP) is 4.75. The van der Waals surface area contributed by atoms with E-state index in [-0.39, 0.29) is 11.6 Å². The van der Waals surface area contributed by atoms with E-state index in [1.807, 2.05) is 61.5 Å². The lowest BCUT2D eigenvalue weighted by Gasteiger charge is -2.11. The van der Waals surface area contributed by atoms with E-state index < -0.39 is 5.91 Å². The molecule has 34 heavy (non-hydrogen) atoms. The van der Waals surface area contributed by atoms with E-state index >= 15 is 0 Å². The highest BCUT2D eigenvalue weighted by molar-refractivity contribution is 6.13. The van der Waals surface area contributed by atoms with E-state index in [9.17, 15) is 9.59 Å². The van der Waals surface area contributed by atoms with E-state index in [2.05, 4.69) is 10.4 Å². The second-order valence-corrected chi connectivity index (χ2v) is 7.95. The Morgan fingerprint density at radius 3 is 2.35 bits per heavy atom. The number of hydrogen-bond donors (Lipinski definition) is 2. The average molecular weight is 447 g/mol. The summed E-state index contributed by atoms with van der Waals surface area (Å²) in [4.78, 5) is 29.3. The van der Waals surface area contributed by atoms with Crippen molar-refractivity contribution in [3.05, 3.63) is 108 Å². The number of fused-ring (bicyclic) bond motifs is 1. The first-order chi connectivity index (χ1) is 16.5. The standard InChI is InChI=1S/C27H21N5O2/c1-17-6-8-18(9-7-17)25-16-22(21-4-2-3-5-23(21)30-25)27(34)29-19-10-12-20(13-11-19)32-15-14-24(31-32)26(28)33/h2-16H,1H3,(H2,28,33)(H,29,34). The Balaban J connectivity index is 1.45. The number of pyridine rings is 1. The molecular formula is C27H21N5O2. The first-order valence-electron chi connectivity index (χ1n) is 10.7. The number of benzene rings is 3. The van der Waals surface area contributed by atoms with Gasteiger partial charge >= 0.3 is 0 Å². The highest BCUT2D eigenvalue weighted by Crippen LogP contribution is 2.26. The minimum absolute atomic E-state index is 0.186. The minimum atomic E-state index is -0.586. The fourth-order valence-corrected chi connectivity index (χ4v) is 3.73. The normalized spacial score (nSPS) is 10.9. The Bertz CT molecular complexity index is 1520. The number of nitrogens with two attached hydrogens (primary N) is 1. The summed E-state index contributed by atoms with van der Waals surface area (Å²) in [5.74, 6) is -0.813. The molecule has 0 bridgehead atoms. The van der Waals surface area contributed by atoms with E-state index in [0.29, 0.717) is 11.3 Å². The summed E-state index contributed by atoms with van der Waals surface area (Å²) in [6, 6.07) is 26.2. The van der Waals surface area contributed by atoms with Crippen molar-refractivity contribution in [2.24, 2.45) is 5.73 Å². The number of aromatic nitrogens is 3. The summed E-state index contributed by atoms with van der Waals surface area (Å²) in [7, 11) is 0. The molecular weight excluding hydrogens is 426 g/mol. The number of amides is 2. The van der Waals surface area contributed by atoms with Crippen molar-refractivity contribution in [3.63, 3.8) is 0 Å². The first-order valence-corrected chi connectivity index (χ1v) is 10.7. The van der Waals surface area contributed by atoms with Crippen LogP contribution in [0.1, 0.15) is 26.4 Å². The lowest BCUT2D eigenvalue weighted by molar-refractivity contribution is 0.0993. The van der Waals surface area contributed by atoms with Gasteiger partial charge in [0.25, 0.3) is 11.8 Å². The molecule has 0 unspecified atom stereocenters. The van der Waals surface area contributed by atoms with Crippen LogP contribution < -0.4 is 11.1 Å². The van der Waals surface area contributed by atoms with Gasteiger partial charge in [-0.1, -0.05) is 48.0 Å². The number of hydrogen-bond acceptors (Lipinski definition) is 4. The maximum Gasteiger partial charge on any atom is 0.269 e. The third-order valence-electron chi connectivity index (χ3n) is 5.54. The van der Waals surface area contributed by atoms with Crippen molar-refractivity contribution in [2.75, 3.05) is 5.32 Å². The molecule has 2 heterocycles. The number of rotatable bonds is 5. The second kappa shape index (κ2) is 8.63. The Morgan fingerprint density at radius 2 is 1.65 bits per heavy atom. The molecule has 2 amide bonds. The van der Waals surface area contributed by atoms with Gasteiger partial charge in [-0.3, -0.25) is 9.59 Å². The van der Waals surface area contributed by atoms with Gasteiger partial charge in [0.15, 0.2) is 0 Å². The molecule has 2 aromatic heterocycles. The van der Waals surface area contributed by atoms with Gasteiger partial charge in [0, 0.05) is 22.8 Å². The molecule has 7 nitrogen and oxygen atoms in total. The van der Waals surface area contributed by atoms with Gasteiger partial charge in [0.1, 0.15) is 5.69 Å². The molecule has 166 valence electrons. The number of aryl methyl sites for hydroxylation is 1. The third kappa shape index (κ3) is 4.14. The first kappa shape index (κ1) is 21.1. The lowest BCUT2D eigenvalue weighted by Crippen LogP contribution is -2.13. The highest BCUT2D eigenvalue weighted by Gasteiger charge is 2.14. The Kier molecular flexibility index (Phi) is 5.35. The number of carbonyl (C=O) groups is 2. The summed E-state index contributed by atoms with van der Waals surface area (Å²) < 4.78 is 1.55. The van der Waals surface area contributed by atoms with Crippen LogP contribution in [0.15, 0.2) is 91.1 Å². The van der Waals surface area contributed by atoms with Crippen molar-refractivity contribution < 1.29 is 9.59 Å². The van der Waals surface area contributed by atoms with E-state index in [1.165, 1.54) is 0 Å². The summed E-state index contributed by atoms with van der Waals surface area (Å²) >= 11 is 0. The van der Waals surface area contributed by atoms with Gasteiger partial charge in [-0.05, 0) is 49.4 Å². The molecule has 0 aliphatic heterocycles. The fraction of sp³-hybridized carbons (Fsp3) is 0.0370. The van der Waals surface area contributed by atoms with Gasteiger partial charge in [-0.2, -0.15) is 5.10 Å². The maximum atomic E-state index is 13.3. The summed E-state index contributed by atoms with van der Waals surface area (Å²) in [6.07, 6.45) is 1.66. The average Bonchev–Trinajstić information content (AvgIpc) is 3.35. The van der Waals surface area contributed by atoms with Crippen molar-refractivity contribution in [3.8, 4) is 16.9 Å². The Labute approximate surface area is 195 Å². The molecule has 3 N–H and O–H groups in total. The van der Waals surface area contributed by atoms with Crippen LogP contribution in [0.4, 0.5) is 5.69 Å². The Hall–Kier alpha value is -4.78. The number of carbonyl (C=O) groups excluding carboxylic acids is 2.